The van der Waals surface area contributed by atoms with E-state index in [0.717, 1.165) is 35.0 Å². The molecule has 0 bridgehead atoms. The highest BCUT2D eigenvalue weighted by atomic mass is 16.5. The number of aromatic nitrogens is 6. The Morgan fingerprint density at radius 2 is 2.17 bits per heavy atom. The zero-order valence-corrected chi connectivity index (χ0v) is 16.9. The minimum Gasteiger partial charge on any atom is -0.480 e. The first kappa shape index (κ1) is 18.3. The predicted octanol–water partition coefficient (Wildman–Crippen LogP) is 2.15. The number of rotatable bonds is 5. The molecule has 4 aromatic rings. The van der Waals surface area contributed by atoms with E-state index in [-0.39, 0.29) is 17.5 Å². The first-order valence-electron chi connectivity index (χ1n) is 9.72. The van der Waals surface area contributed by atoms with Gasteiger partial charge in [-0.05, 0) is 31.9 Å². The fourth-order valence-electron chi connectivity index (χ4n) is 4.26. The highest BCUT2D eigenvalue weighted by Gasteiger charge is 2.41. The van der Waals surface area contributed by atoms with E-state index in [1.165, 1.54) is 13.3 Å². The van der Waals surface area contributed by atoms with E-state index < -0.39 is 0 Å². The van der Waals surface area contributed by atoms with Gasteiger partial charge >= 0.3 is 0 Å². The predicted molar refractivity (Wildman–Crippen MR) is 111 cm³/mol. The van der Waals surface area contributed by atoms with Gasteiger partial charge in [0.15, 0.2) is 5.65 Å². The van der Waals surface area contributed by atoms with Crippen molar-refractivity contribution in [2.45, 2.75) is 38.3 Å². The van der Waals surface area contributed by atoms with Crippen LogP contribution >= 0.6 is 0 Å². The molecule has 5 rings (SSSR count). The number of carbonyl (C=O) groups excluding carboxylic acids is 1. The van der Waals surface area contributed by atoms with Crippen LogP contribution in [0.5, 0.6) is 5.88 Å². The highest BCUT2D eigenvalue weighted by Crippen LogP contribution is 2.36. The van der Waals surface area contributed by atoms with Gasteiger partial charge in [0.05, 0.1) is 12.5 Å². The SMILES string of the molecule is COc1nc(N[C@H]2C[C@](C)(NC(C)=O)C2)nc2[nH]cc(-c3ccc4ncnn4c3)c12. The van der Waals surface area contributed by atoms with E-state index in [4.69, 9.17) is 4.74 Å². The maximum absolute atomic E-state index is 11.3. The zero-order chi connectivity index (χ0) is 20.9. The smallest absolute Gasteiger partial charge is 0.228 e. The molecule has 1 fully saturated rings. The molecule has 1 aliphatic carbocycles. The van der Waals surface area contributed by atoms with Crippen molar-refractivity contribution in [3.63, 3.8) is 0 Å². The van der Waals surface area contributed by atoms with E-state index in [9.17, 15) is 4.79 Å². The second-order valence-electron chi connectivity index (χ2n) is 7.95. The summed E-state index contributed by atoms with van der Waals surface area (Å²) in [5, 5.41) is 11.3. The van der Waals surface area contributed by atoms with Crippen LogP contribution in [0.15, 0.2) is 30.9 Å². The molecular weight excluding hydrogens is 384 g/mol. The molecule has 0 radical (unpaired) electrons. The van der Waals surface area contributed by atoms with Crippen molar-refractivity contribution >= 4 is 28.5 Å². The van der Waals surface area contributed by atoms with Gasteiger partial charge in [-0.2, -0.15) is 15.1 Å². The number of anilines is 1. The number of nitrogens with one attached hydrogen (secondary N) is 3. The van der Waals surface area contributed by atoms with Gasteiger partial charge in [0, 0.05) is 42.0 Å². The molecule has 1 amide bonds. The van der Waals surface area contributed by atoms with E-state index >= 15 is 0 Å². The number of aromatic amines is 1. The van der Waals surface area contributed by atoms with Crippen molar-refractivity contribution in [1.29, 1.82) is 0 Å². The number of H-pyrrole nitrogens is 1. The quantitative estimate of drug-likeness (QED) is 0.464. The molecular formula is C20H22N8O2. The number of nitrogens with zero attached hydrogens (tertiary/aromatic N) is 5. The van der Waals surface area contributed by atoms with Crippen LogP contribution in [0.4, 0.5) is 5.95 Å². The van der Waals surface area contributed by atoms with Crippen molar-refractivity contribution in [3.8, 4) is 17.0 Å². The minimum absolute atomic E-state index is 0.0155. The van der Waals surface area contributed by atoms with Crippen molar-refractivity contribution in [2.75, 3.05) is 12.4 Å². The molecule has 0 aliphatic heterocycles. The fourth-order valence-corrected chi connectivity index (χ4v) is 4.26. The molecule has 30 heavy (non-hydrogen) atoms. The van der Waals surface area contributed by atoms with Crippen LogP contribution in [0, 0.1) is 0 Å². The molecule has 0 saturated heterocycles. The summed E-state index contributed by atoms with van der Waals surface area (Å²) >= 11 is 0. The standard InChI is InChI=1S/C20H22N8O2/c1-11(29)27-20(2)6-13(7-20)24-19-25-17-16(18(26-19)30-3)14(8-21-17)12-4-5-15-22-10-23-28(15)9-12/h4-5,8-10,13H,6-7H2,1-3H3,(H,27,29)(H2,21,24,25,26)/t13-,20-. The van der Waals surface area contributed by atoms with E-state index in [1.54, 1.807) is 11.6 Å². The van der Waals surface area contributed by atoms with Crippen LogP contribution in [0.3, 0.4) is 0 Å². The van der Waals surface area contributed by atoms with Crippen LogP contribution in [0.1, 0.15) is 26.7 Å². The average Bonchev–Trinajstić information content (AvgIpc) is 3.31. The van der Waals surface area contributed by atoms with Gasteiger partial charge in [0.1, 0.15) is 12.0 Å². The number of hydrogen-bond donors (Lipinski definition) is 3. The van der Waals surface area contributed by atoms with Crippen molar-refractivity contribution in [3.05, 3.63) is 30.9 Å². The second kappa shape index (κ2) is 6.68. The Balaban J connectivity index is 1.44. The number of fused-ring (bicyclic) bond motifs is 2. The van der Waals surface area contributed by atoms with Crippen LogP contribution in [-0.4, -0.2) is 54.1 Å². The Bertz CT molecular complexity index is 1250. The highest BCUT2D eigenvalue weighted by molar-refractivity contribution is 5.97. The number of carbonyl (C=O) groups is 1. The average molecular weight is 406 g/mol. The maximum Gasteiger partial charge on any atom is 0.228 e. The number of pyridine rings is 1. The van der Waals surface area contributed by atoms with E-state index in [1.807, 2.05) is 31.5 Å². The summed E-state index contributed by atoms with van der Waals surface area (Å²) in [6, 6.07) is 4.08. The topological polar surface area (TPSA) is 122 Å². The third kappa shape index (κ3) is 3.10. The number of hydrogen-bond acceptors (Lipinski definition) is 7. The molecule has 154 valence electrons. The summed E-state index contributed by atoms with van der Waals surface area (Å²) < 4.78 is 7.31. The Labute approximate surface area is 172 Å². The third-order valence-corrected chi connectivity index (χ3v) is 5.48. The van der Waals surface area contributed by atoms with Crippen LogP contribution in [0.2, 0.25) is 0 Å². The minimum atomic E-state index is -0.183. The Hall–Kier alpha value is -3.69. The molecule has 1 aliphatic rings. The second-order valence-corrected chi connectivity index (χ2v) is 7.95. The van der Waals surface area contributed by atoms with Crippen molar-refractivity contribution < 1.29 is 9.53 Å². The fraction of sp³-hybridized carbons (Fsp3) is 0.350. The summed E-state index contributed by atoms with van der Waals surface area (Å²) in [5.41, 5.74) is 3.15. The molecule has 4 aromatic heterocycles. The molecule has 0 aromatic carbocycles. The largest absolute Gasteiger partial charge is 0.480 e. The van der Waals surface area contributed by atoms with Crippen LogP contribution in [0.25, 0.3) is 27.8 Å². The van der Waals surface area contributed by atoms with Gasteiger partial charge in [-0.25, -0.2) is 9.50 Å². The normalized spacial score (nSPS) is 20.8. The molecule has 10 heteroatoms. The molecule has 4 heterocycles. The first-order chi connectivity index (χ1) is 14.4. The van der Waals surface area contributed by atoms with Gasteiger partial charge in [0.25, 0.3) is 0 Å². The summed E-state index contributed by atoms with van der Waals surface area (Å²) in [6.45, 7) is 3.58. The van der Waals surface area contributed by atoms with Gasteiger partial charge in [-0.15, -0.1) is 0 Å². The lowest BCUT2D eigenvalue weighted by Gasteiger charge is -2.45. The van der Waals surface area contributed by atoms with Gasteiger partial charge in [0.2, 0.25) is 17.7 Å². The van der Waals surface area contributed by atoms with Crippen molar-refractivity contribution in [1.82, 2.24) is 34.9 Å². The lowest BCUT2D eigenvalue weighted by molar-refractivity contribution is -0.121. The molecule has 0 atom stereocenters. The number of ether oxygens (including phenoxy) is 1. The van der Waals surface area contributed by atoms with Gasteiger partial charge in [-0.3, -0.25) is 4.79 Å². The molecule has 3 N–H and O–H groups in total. The molecule has 10 nitrogen and oxygen atoms in total. The summed E-state index contributed by atoms with van der Waals surface area (Å²) in [7, 11) is 1.60. The summed E-state index contributed by atoms with van der Waals surface area (Å²) in [6.07, 6.45) is 6.94. The summed E-state index contributed by atoms with van der Waals surface area (Å²) in [4.78, 5) is 27.9. The van der Waals surface area contributed by atoms with Crippen LogP contribution < -0.4 is 15.4 Å². The van der Waals surface area contributed by atoms with Gasteiger partial charge in [-0.1, -0.05) is 0 Å². The maximum atomic E-state index is 11.3. The van der Waals surface area contributed by atoms with E-state index in [2.05, 4.69) is 35.7 Å². The Kier molecular flexibility index (Phi) is 4.09. The molecule has 1 saturated carbocycles. The van der Waals surface area contributed by atoms with Crippen LogP contribution in [-0.2, 0) is 4.79 Å². The lowest BCUT2D eigenvalue weighted by Crippen LogP contribution is -2.59. The Morgan fingerprint density at radius 3 is 2.93 bits per heavy atom. The van der Waals surface area contributed by atoms with Crippen molar-refractivity contribution in [2.24, 2.45) is 0 Å². The first-order valence-corrected chi connectivity index (χ1v) is 9.72. The van der Waals surface area contributed by atoms with E-state index in [0.29, 0.717) is 17.5 Å². The number of amides is 1. The lowest BCUT2D eigenvalue weighted by atomic mass is 9.74. The summed E-state index contributed by atoms with van der Waals surface area (Å²) in [5.74, 6) is 0.967. The van der Waals surface area contributed by atoms with Gasteiger partial charge < -0.3 is 20.4 Å². The number of methoxy groups -OCH3 is 1. The molecule has 0 unspecified atom stereocenters. The Morgan fingerprint density at radius 1 is 1.33 bits per heavy atom. The molecule has 0 spiro atoms. The third-order valence-electron chi connectivity index (χ3n) is 5.48. The zero-order valence-electron chi connectivity index (χ0n) is 16.9. The monoisotopic (exact) mass is 406 g/mol.